The fourth-order valence-corrected chi connectivity index (χ4v) is 3.34. The molecule has 3 heterocycles. The van der Waals surface area contributed by atoms with Gasteiger partial charge in [-0.2, -0.15) is 0 Å². The van der Waals surface area contributed by atoms with Gasteiger partial charge in [0.05, 0.1) is 11.8 Å². The number of likely N-dealkylation sites (tertiary alicyclic amines) is 1. The SMILES string of the molecule is CC(C)N1CCC(c2cn3c(n2)CC(O)CC3)CC1. The molecule has 1 fully saturated rings. The highest BCUT2D eigenvalue weighted by Crippen LogP contribution is 2.29. The van der Waals surface area contributed by atoms with Crippen molar-refractivity contribution in [2.75, 3.05) is 13.1 Å². The van der Waals surface area contributed by atoms with Crippen LogP contribution in [0.15, 0.2) is 6.20 Å². The third kappa shape index (κ3) is 2.70. The summed E-state index contributed by atoms with van der Waals surface area (Å²) in [5, 5.41) is 9.71. The molecule has 0 aliphatic carbocycles. The maximum atomic E-state index is 9.71. The van der Waals surface area contributed by atoms with Crippen molar-refractivity contribution in [3.05, 3.63) is 17.7 Å². The molecule has 19 heavy (non-hydrogen) atoms. The molecule has 0 aromatic carbocycles. The normalized spacial score (nSPS) is 25.8. The summed E-state index contributed by atoms with van der Waals surface area (Å²) in [6, 6.07) is 0.659. The summed E-state index contributed by atoms with van der Waals surface area (Å²) >= 11 is 0. The molecule has 2 aliphatic heterocycles. The van der Waals surface area contributed by atoms with Gasteiger partial charge in [0.1, 0.15) is 5.82 Å². The Balaban J connectivity index is 1.67. The van der Waals surface area contributed by atoms with Crippen molar-refractivity contribution in [1.29, 1.82) is 0 Å². The van der Waals surface area contributed by atoms with Crippen LogP contribution in [0.5, 0.6) is 0 Å². The molecule has 1 saturated heterocycles. The predicted molar refractivity (Wildman–Crippen MR) is 75.2 cm³/mol. The molecule has 0 radical (unpaired) electrons. The van der Waals surface area contributed by atoms with Crippen molar-refractivity contribution in [2.45, 2.75) is 64.1 Å². The first-order valence-electron chi connectivity index (χ1n) is 7.61. The number of aliphatic hydroxyl groups is 1. The summed E-state index contributed by atoms with van der Waals surface area (Å²) < 4.78 is 2.25. The topological polar surface area (TPSA) is 41.3 Å². The van der Waals surface area contributed by atoms with Crippen LogP contribution in [0.4, 0.5) is 0 Å². The van der Waals surface area contributed by atoms with E-state index >= 15 is 0 Å². The van der Waals surface area contributed by atoms with E-state index in [0.717, 1.165) is 25.2 Å². The molecule has 1 aromatic heterocycles. The van der Waals surface area contributed by atoms with Gasteiger partial charge in [-0.25, -0.2) is 4.98 Å². The smallest absolute Gasteiger partial charge is 0.111 e. The number of rotatable bonds is 2. The van der Waals surface area contributed by atoms with Gasteiger partial charge >= 0.3 is 0 Å². The lowest BCUT2D eigenvalue weighted by Gasteiger charge is -2.33. The number of imidazole rings is 1. The fourth-order valence-electron chi connectivity index (χ4n) is 3.34. The summed E-state index contributed by atoms with van der Waals surface area (Å²) in [6.07, 6.45) is 6.08. The second-order valence-corrected chi connectivity index (χ2v) is 6.33. The number of nitrogens with zero attached hydrogens (tertiary/aromatic N) is 3. The summed E-state index contributed by atoms with van der Waals surface area (Å²) in [5.41, 5.74) is 1.26. The minimum absolute atomic E-state index is 0.189. The van der Waals surface area contributed by atoms with Crippen LogP contribution in [0.2, 0.25) is 0 Å². The zero-order valence-corrected chi connectivity index (χ0v) is 12.0. The molecule has 2 aliphatic rings. The Morgan fingerprint density at radius 1 is 1.21 bits per heavy atom. The van der Waals surface area contributed by atoms with Crippen molar-refractivity contribution in [3.63, 3.8) is 0 Å². The Morgan fingerprint density at radius 2 is 1.95 bits per heavy atom. The molecule has 4 nitrogen and oxygen atoms in total. The van der Waals surface area contributed by atoms with Crippen LogP contribution < -0.4 is 0 Å². The average molecular weight is 263 g/mol. The highest BCUT2D eigenvalue weighted by atomic mass is 16.3. The largest absolute Gasteiger partial charge is 0.393 e. The highest BCUT2D eigenvalue weighted by molar-refractivity contribution is 5.13. The maximum absolute atomic E-state index is 9.71. The second kappa shape index (κ2) is 5.25. The Morgan fingerprint density at radius 3 is 2.63 bits per heavy atom. The Kier molecular flexibility index (Phi) is 3.63. The van der Waals surface area contributed by atoms with E-state index in [9.17, 15) is 5.11 Å². The van der Waals surface area contributed by atoms with Gasteiger partial charge in [0.25, 0.3) is 0 Å². The van der Waals surface area contributed by atoms with Gasteiger partial charge in [-0.1, -0.05) is 0 Å². The number of piperidine rings is 1. The van der Waals surface area contributed by atoms with Crippen molar-refractivity contribution >= 4 is 0 Å². The zero-order chi connectivity index (χ0) is 13.4. The fraction of sp³-hybridized carbons (Fsp3) is 0.800. The van der Waals surface area contributed by atoms with Crippen molar-refractivity contribution in [1.82, 2.24) is 14.5 Å². The predicted octanol–water partition coefficient (Wildman–Crippen LogP) is 1.78. The molecule has 0 amide bonds. The minimum Gasteiger partial charge on any atom is -0.393 e. The van der Waals surface area contributed by atoms with Crippen LogP contribution in [-0.2, 0) is 13.0 Å². The number of hydrogen-bond donors (Lipinski definition) is 1. The van der Waals surface area contributed by atoms with E-state index in [1.54, 1.807) is 0 Å². The van der Waals surface area contributed by atoms with Crippen molar-refractivity contribution in [2.24, 2.45) is 0 Å². The number of fused-ring (bicyclic) bond motifs is 1. The molecular weight excluding hydrogens is 238 g/mol. The standard InChI is InChI=1S/C15H25N3O/c1-11(2)17-6-3-12(4-7-17)14-10-18-8-5-13(19)9-15(18)16-14/h10-13,19H,3-9H2,1-2H3. The molecule has 1 atom stereocenters. The summed E-state index contributed by atoms with van der Waals surface area (Å²) in [7, 11) is 0. The molecule has 106 valence electrons. The molecule has 0 bridgehead atoms. The van der Waals surface area contributed by atoms with Crippen LogP contribution in [0.3, 0.4) is 0 Å². The Labute approximate surface area is 115 Å². The Hall–Kier alpha value is -0.870. The summed E-state index contributed by atoms with van der Waals surface area (Å²) in [6.45, 7) is 7.85. The second-order valence-electron chi connectivity index (χ2n) is 6.33. The van der Waals surface area contributed by atoms with E-state index in [-0.39, 0.29) is 6.10 Å². The van der Waals surface area contributed by atoms with Gasteiger partial charge in [-0.15, -0.1) is 0 Å². The van der Waals surface area contributed by atoms with Crippen LogP contribution >= 0.6 is 0 Å². The van der Waals surface area contributed by atoms with E-state index in [1.807, 2.05) is 0 Å². The first kappa shape index (κ1) is 13.1. The van der Waals surface area contributed by atoms with Crippen LogP contribution in [0.1, 0.15) is 50.5 Å². The molecule has 1 aromatic rings. The lowest BCUT2D eigenvalue weighted by atomic mass is 9.93. The molecule has 1 unspecified atom stereocenters. The van der Waals surface area contributed by atoms with E-state index in [2.05, 4.69) is 29.5 Å². The van der Waals surface area contributed by atoms with Crippen molar-refractivity contribution < 1.29 is 5.11 Å². The molecular formula is C15H25N3O. The summed E-state index contributed by atoms with van der Waals surface area (Å²) in [5.74, 6) is 1.70. The van der Waals surface area contributed by atoms with Crippen LogP contribution in [-0.4, -0.2) is 44.8 Å². The van der Waals surface area contributed by atoms with Crippen LogP contribution in [0.25, 0.3) is 0 Å². The van der Waals surface area contributed by atoms with Gasteiger partial charge in [-0.05, 0) is 46.2 Å². The first-order chi connectivity index (χ1) is 9.13. The third-order valence-electron chi connectivity index (χ3n) is 4.68. The van der Waals surface area contributed by atoms with Crippen molar-refractivity contribution in [3.8, 4) is 0 Å². The van der Waals surface area contributed by atoms with Crippen LogP contribution in [0, 0.1) is 0 Å². The number of aryl methyl sites for hydroxylation is 1. The minimum atomic E-state index is -0.189. The van der Waals surface area contributed by atoms with Gasteiger partial charge < -0.3 is 14.6 Å². The number of aliphatic hydroxyl groups excluding tert-OH is 1. The molecule has 3 rings (SSSR count). The van der Waals surface area contributed by atoms with E-state index in [0.29, 0.717) is 12.0 Å². The highest BCUT2D eigenvalue weighted by Gasteiger charge is 2.26. The zero-order valence-electron chi connectivity index (χ0n) is 12.0. The van der Waals surface area contributed by atoms with E-state index in [1.165, 1.54) is 31.6 Å². The lowest BCUT2D eigenvalue weighted by Crippen LogP contribution is -2.37. The lowest BCUT2D eigenvalue weighted by molar-refractivity contribution is 0.141. The van der Waals surface area contributed by atoms with Gasteiger partial charge in [0.15, 0.2) is 0 Å². The first-order valence-corrected chi connectivity index (χ1v) is 7.61. The van der Waals surface area contributed by atoms with Gasteiger partial charge in [0.2, 0.25) is 0 Å². The third-order valence-corrected chi connectivity index (χ3v) is 4.68. The van der Waals surface area contributed by atoms with E-state index in [4.69, 9.17) is 4.98 Å². The molecule has 4 heteroatoms. The molecule has 1 N–H and O–H groups in total. The monoisotopic (exact) mass is 263 g/mol. The molecule has 0 spiro atoms. The quantitative estimate of drug-likeness (QED) is 0.884. The number of aromatic nitrogens is 2. The maximum Gasteiger partial charge on any atom is 0.111 e. The summed E-state index contributed by atoms with van der Waals surface area (Å²) in [4.78, 5) is 7.33. The Bertz CT molecular complexity index is 433. The van der Waals surface area contributed by atoms with Gasteiger partial charge in [-0.3, -0.25) is 0 Å². The van der Waals surface area contributed by atoms with Gasteiger partial charge in [0, 0.05) is 31.1 Å². The number of hydrogen-bond acceptors (Lipinski definition) is 3. The molecule has 0 saturated carbocycles. The van der Waals surface area contributed by atoms with E-state index < -0.39 is 0 Å². The average Bonchev–Trinajstić information content (AvgIpc) is 2.81.